The highest BCUT2D eigenvalue weighted by atomic mass is 16.5. The van der Waals surface area contributed by atoms with E-state index in [9.17, 15) is 19.5 Å². The summed E-state index contributed by atoms with van der Waals surface area (Å²) in [5, 5.41) is 14.6. The first-order valence-electron chi connectivity index (χ1n) is 11.3. The van der Waals surface area contributed by atoms with Gasteiger partial charge in [-0.3, -0.25) is 4.79 Å². The molecule has 2 aromatic carbocycles. The Kier molecular flexibility index (Phi) is 7.74. The number of aliphatic carboxylic acids is 1. The molecule has 3 N–H and O–H groups in total. The highest BCUT2D eigenvalue weighted by Gasteiger charge is 2.32. The Morgan fingerprint density at radius 1 is 0.970 bits per heavy atom. The molecule has 0 radical (unpaired) electrons. The molecular formula is C26H32N2O5. The molecule has 0 fully saturated rings. The third kappa shape index (κ3) is 6.12. The molecule has 2 amide bonds. The topological polar surface area (TPSA) is 105 Å². The van der Waals surface area contributed by atoms with E-state index in [1.165, 1.54) is 11.1 Å². The van der Waals surface area contributed by atoms with Crippen LogP contribution in [0.1, 0.15) is 57.1 Å². The number of nitrogens with one attached hydrogen (secondary N) is 2. The second kappa shape index (κ2) is 10.5. The van der Waals surface area contributed by atoms with Crippen LogP contribution in [-0.2, 0) is 14.3 Å². The van der Waals surface area contributed by atoms with Crippen LogP contribution < -0.4 is 10.6 Å². The molecular weight excluding hydrogens is 420 g/mol. The smallest absolute Gasteiger partial charge is 0.407 e. The number of unbranched alkanes of at least 4 members (excludes halogenated alkanes) is 1. The van der Waals surface area contributed by atoms with E-state index in [4.69, 9.17) is 4.74 Å². The third-order valence-electron chi connectivity index (χ3n) is 5.86. The number of amides is 2. The van der Waals surface area contributed by atoms with Crippen LogP contribution >= 0.6 is 0 Å². The summed E-state index contributed by atoms with van der Waals surface area (Å²) in [6.45, 7) is 5.94. The minimum atomic E-state index is -1.05. The molecule has 0 aliphatic heterocycles. The van der Waals surface area contributed by atoms with Crippen molar-refractivity contribution in [2.45, 2.75) is 52.0 Å². The Labute approximate surface area is 194 Å². The van der Waals surface area contributed by atoms with Gasteiger partial charge in [0.1, 0.15) is 12.6 Å². The van der Waals surface area contributed by atoms with Crippen LogP contribution in [0.15, 0.2) is 48.5 Å². The molecule has 2 aromatic rings. The van der Waals surface area contributed by atoms with Gasteiger partial charge in [-0.2, -0.15) is 0 Å². The van der Waals surface area contributed by atoms with Crippen LogP contribution in [0.5, 0.6) is 0 Å². The number of hydrogen-bond acceptors (Lipinski definition) is 4. The van der Waals surface area contributed by atoms with Gasteiger partial charge in [0, 0.05) is 18.9 Å². The normalized spacial score (nSPS) is 13.5. The Morgan fingerprint density at radius 2 is 1.55 bits per heavy atom. The molecule has 1 aliphatic rings. The van der Waals surface area contributed by atoms with Gasteiger partial charge in [-0.25, -0.2) is 9.59 Å². The van der Waals surface area contributed by atoms with Crippen molar-refractivity contribution in [2.75, 3.05) is 13.2 Å². The number of fused-ring (bicyclic) bond motifs is 3. The summed E-state index contributed by atoms with van der Waals surface area (Å²) in [4.78, 5) is 35.6. The van der Waals surface area contributed by atoms with Gasteiger partial charge in [-0.1, -0.05) is 69.3 Å². The molecule has 0 spiro atoms. The van der Waals surface area contributed by atoms with E-state index in [1.807, 2.05) is 24.3 Å². The number of carbonyl (C=O) groups excluding carboxylic acids is 2. The van der Waals surface area contributed by atoms with Crippen molar-refractivity contribution >= 4 is 18.0 Å². The number of carbonyl (C=O) groups is 3. The quantitative estimate of drug-likeness (QED) is 0.492. The van der Waals surface area contributed by atoms with Crippen molar-refractivity contribution in [1.82, 2.24) is 10.6 Å². The summed E-state index contributed by atoms with van der Waals surface area (Å²) in [7, 11) is 0. The van der Waals surface area contributed by atoms with Crippen molar-refractivity contribution in [3.63, 3.8) is 0 Å². The van der Waals surface area contributed by atoms with E-state index in [2.05, 4.69) is 34.9 Å². The first-order chi connectivity index (χ1) is 15.7. The van der Waals surface area contributed by atoms with Crippen molar-refractivity contribution in [3.8, 4) is 11.1 Å². The molecule has 0 aromatic heterocycles. The van der Waals surface area contributed by atoms with Crippen LogP contribution in [0.4, 0.5) is 4.79 Å². The molecule has 0 unspecified atom stereocenters. The minimum absolute atomic E-state index is 0.0110. The molecule has 1 atom stereocenters. The van der Waals surface area contributed by atoms with E-state index in [-0.39, 0.29) is 24.9 Å². The first kappa shape index (κ1) is 24.3. The first-order valence-corrected chi connectivity index (χ1v) is 11.3. The van der Waals surface area contributed by atoms with Crippen LogP contribution in [0, 0.1) is 5.41 Å². The Balaban J connectivity index is 1.39. The third-order valence-corrected chi connectivity index (χ3v) is 5.86. The highest BCUT2D eigenvalue weighted by molar-refractivity contribution is 5.84. The van der Waals surface area contributed by atoms with Gasteiger partial charge >= 0.3 is 12.1 Å². The van der Waals surface area contributed by atoms with Gasteiger partial charge in [0.25, 0.3) is 0 Å². The number of alkyl carbamates (subject to hydrolysis) is 1. The number of carboxylic acids is 1. The SMILES string of the molecule is CC(C)(C)[C@H](NC(=O)CCCCNC(=O)OCC1c2ccccc2-c2ccccc21)C(=O)O. The summed E-state index contributed by atoms with van der Waals surface area (Å²) in [5.74, 6) is -1.34. The lowest BCUT2D eigenvalue weighted by Gasteiger charge is -2.27. The second-order valence-electron chi connectivity index (χ2n) is 9.41. The largest absolute Gasteiger partial charge is 0.480 e. The predicted octanol–water partition coefficient (Wildman–Crippen LogP) is 4.31. The molecule has 176 valence electrons. The van der Waals surface area contributed by atoms with Gasteiger partial charge in [0.05, 0.1) is 0 Å². The number of hydrogen-bond donors (Lipinski definition) is 3. The van der Waals surface area contributed by atoms with E-state index in [0.29, 0.717) is 19.4 Å². The standard InChI is InChI=1S/C26H32N2O5/c1-26(2,3)23(24(30)31)28-22(29)14-8-9-15-27-25(32)33-16-21-19-12-6-4-10-17(19)18-11-5-7-13-20(18)21/h4-7,10-13,21,23H,8-9,14-16H2,1-3H3,(H,27,32)(H,28,29)(H,30,31)/t23-/m1/s1. The van der Waals surface area contributed by atoms with Crippen LogP contribution in [0.2, 0.25) is 0 Å². The summed E-state index contributed by atoms with van der Waals surface area (Å²) >= 11 is 0. The van der Waals surface area contributed by atoms with Gasteiger partial charge in [0.15, 0.2) is 0 Å². The van der Waals surface area contributed by atoms with Crippen LogP contribution in [0.3, 0.4) is 0 Å². The number of benzene rings is 2. The van der Waals surface area contributed by atoms with E-state index >= 15 is 0 Å². The Bertz CT molecular complexity index is 966. The van der Waals surface area contributed by atoms with Gasteiger partial charge < -0.3 is 20.5 Å². The maximum atomic E-state index is 12.2. The fourth-order valence-electron chi connectivity index (χ4n) is 4.13. The molecule has 0 bridgehead atoms. The monoisotopic (exact) mass is 452 g/mol. The molecule has 1 aliphatic carbocycles. The fourth-order valence-corrected chi connectivity index (χ4v) is 4.13. The van der Waals surface area contributed by atoms with Gasteiger partial charge in [-0.15, -0.1) is 0 Å². The van der Waals surface area contributed by atoms with Crippen molar-refractivity contribution in [1.29, 1.82) is 0 Å². The zero-order chi connectivity index (χ0) is 24.0. The predicted molar refractivity (Wildman–Crippen MR) is 126 cm³/mol. The summed E-state index contributed by atoms with van der Waals surface area (Å²) in [6, 6.07) is 15.4. The second-order valence-corrected chi connectivity index (χ2v) is 9.41. The lowest BCUT2D eigenvalue weighted by atomic mass is 9.86. The summed E-state index contributed by atoms with van der Waals surface area (Å²) < 4.78 is 5.49. The van der Waals surface area contributed by atoms with Gasteiger partial charge in [0.2, 0.25) is 5.91 Å². The summed E-state index contributed by atoms with van der Waals surface area (Å²) in [5.41, 5.74) is 4.10. The average molecular weight is 453 g/mol. The Hall–Kier alpha value is -3.35. The molecule has 0 saturated heterocycles. The molecule has 0 saturated carbocycles. The molecule has 7 heteroatoms. The van der Waals surface area contributed by atoms with Crippen LogP contribution in [0.25, 0.3) is 11.1 Å². The molecule has 33 heavy (non-hydrogen) atoms. The molecule has 3 rings (SSSR count). The zero-order valence-electron chi connectivity index (χ0n) is 19.4. The minimum Gasteiger partial charge on any atom is -0.480 e. The van der Waals surface area contributed by atoms with Crippen molar-refractivity contribution in [2.24, 2.45) is 5.41 Å². The maximum Gasteiger partial charge on any atom is 0.407 e. The maximum absolute atomic E-state index is 12.2. The van der Waals surface area contributed by atoms with E-state index in [0.717, 1.165) is 11.1 Å². The number of ether oxygens (including phenoxy) is 1. The fraction of sp³-hybridized carbons (Fsp3) is 0.423. The van der Waals surface area contributed by atoms with E-state index < -0.39 is 23.5 Å². The average Bonchev–Trinajstić information content (AvgIpc) is 3.08. The lowest BCUT2D eigenvalue weighted by Crippen LogP contribution is -2.49. The van der Waals surface area contributed by atoms with Gasteiger partial charge in [-0.05, 0) is 40.5 Å². The van der Waals surface area contributed by atoms with Crippen molar-refractivity contribution in [3.05, 3.63) is 59.7 Å². The number of carboxylic acid groups (broad SMARTS) is 1. The van der Waals surface area contributed by atoms with Crippen molar-refractivity contribution < 1.29 is 24.2 Å². The number of rotatable bonds is 9. The Morgan fingerprint density at radius 3 is 2.09 bits per heavy atom. The zero-order valence-corrected chi connectivity index (χ0v) is 19.4. The summed E-state index contributed by atoms with van der Waals surface area (Å²) in [6.07, 6.45) is 0.836. The van der Waals surface area contributed by atoms with Crippen LogP contribution in [-0.4, -0.2) is 42.3 Å². The molecule has 7 nitrogen and oxygen atoms in total. The lowest BCUT2D eigenvalue weighted by molar-refractivity contribution is -0.145. The van der Waals surface area contributed by atoms with E-state index in [1.54, 1.807) is 20.8 Å². The molecule has 0 heterocycles. The highest BCUT2D eigenvalue weighted by Crippen LogP contribution is 2.44.